The molecule has 0 aliphatic heterocycles. The molecule has 116 valence electrons. The number of sulfonamides is 1. The van der Waals surface area contributed by atoms with Crippen LogP contribution in [0.1, 0.15) is 45.0 Å². The fourth-order valence-electron chi connectivity index (χ4n) is 2.12. The molecule has 0 amide bonds. The van der Waals surface area contributed by atoms with E-state index in [1.165, 1.54) is 0 Å². The van der Waals surface area contributed by atoms with Gasteiger partial charge in [-0.1, -0.05) is 27.2 Å². The van der Waals surface area contributed by atoms with Gasteiger partial charge in [-0.05, 0) is 19.3 Å². The minimum absolute atomic E-state index is 0.191. The van der Waals surface area contributed by atoms with Crippen molar-refractivity contribution in [2.75, 3.05) is 13.2 Å². The predicted octanol–water partition coefficient (Wildman–Crippen LogP) is 1.47. The number of nitrogens with two attached hydrogens (primary N) is 1. The molecule has 1 rings (SSSR count). The zero-order valence-corrected chi connectivity index (χ0v) is 13.4. The van der Waals surface area contributed by atoms with E-state index in [2.05, 4.69) is 12.0 Å². The van der Waals surface area contributed by atoms with Gasteiger partial charge in [0.15, 0.2) is 0 Å². The minimum atomic E-state index is -3.73. The first-order valence-electron chi connectivity index (χ1n) is 7.14. The highest BCUT2D eigenvalue weighted by molar-refractivity contribution is 7.89. The lowest BCUT2D eigenvalue weighted by Crippen LogP contribution is -2.16. The minimum Gasteiger partial charge on any atom is -0.380 e. The number of hydrogen-bond donors (Lipinski definition) is 1. The highest BCUT2D eigenvalue weighted by atomic mass is 32.2. The summed E-state index contributed by atoms with van der Waals surface area (Å²) in [4.78, 5) is 0.191. The molecule has 0 aliphatic rings. The number of nitrogens with zero attached hydrogens (tertiary/aromatic N) is 2. The number of hydrogen-bond acceptors (Lipinski definition) is 4. The lowest BCUT2D eigenvalue weighted by Gasteiger charge is -2.07. The third kappa shape index (κ3) is 4.29. The maximum Gasteiger partial charge on any atom is 0.241 e. The van der Waals surface area contributed by atoms with Crippen molar-refractivity contribution in [1.29, 1.82) is 0 Å². The van der Waals surface area contributed by atoms with Crippen LogP contribution in [0, 0.1) is 0 Å². The Bertz CT molecular complexity index is 523. The van der Waals surface area contributed by atoms with E-state index in [0.29, 0.717) is 37.4 Å². The van der Waals surface area contributed by atoms with Gasteiger partial charge in [-0.2, -0.15) is 5.10 Å². The number of primary sulfonamides is 1. The van der Waals surface area contributed by atoms with Crippen molar-refractivity contribution in [2.45, 2.75) is 57.9 Å². The molecule has 2 N–H and O–H groups in total. The molecule has 7 heteroatoms. The van der Waals surface area contributed by atoms with E-state index in [4.69, 9.17) is 9.88 Å². The van der Waals surface area contributed by atoms with Crippen molar-refractivity contribution in [3.05, 3.63) is 11.4 Å². The molecule has 0 atom stereocenters. The summed E-state index contributed by atoms with van der Waals surface area (Å²) in [6.07, 6.45) is 3.25. The third-order valence-corrected chi connectivity index (χ3v) is 4.16. The van der Waals surface area contributed by atoms with E-state index in [0.717, 1.165) is 19.4 Å². The molecule has 0 saturated carbocycles. The summed E-state index contributed by atoms with van der Waals surface area (Å²) in [5.74, 6) is 0. The lowest BCUT2D eigenvalue weighted by molar-refractivity contribution is 0.120. The summed E-state index contributed by atoms with van der Waals surface area (Å²) < 4.78 is 30.6. The molecule has 0 unspecified atom stereocenters. The van der Waals surface area contributed by atoms with Crippen molar-refractivity contribution in [2.24, 2.45) is 5.14 Å². The second-order valence-corrected chi connectivity index (χ2v) is 6.16. The summed E-state index contributed by atoms with van der Waals surface area (Å²) in [6, 6.07) is 0. The largest absolute Gasteiger partial charge is 0.380 e. The van der Waals surface area contributed by atoms with E-state index < -0.39 is 10.0 Å². The zero-order valence-electron chi connectivity index (χ0n) is 12.6. The Morgan fingerprint density at radius 1 is 1.20 bits per heavy atom. The average Bonchev–Trinajstić information content (AvgIpc) is 2.76. The third-order valence-electron chi connectivity index (χ3n) is 3.12. The highest BCUT2D eigenvalue weighted by Crippen LogP contribution is 2.20. The van der Waals surface area contributed by atoms with E-state index >= 15 is 0 Å². The highest BCUT2D eigenvalue weighted by Gasteiger charge is 2.23. The summed E-state index contributed by atoms with van der Waals surface area (Å²) in [7, 11) is -3.73. The van der Waals surface area contributed by atoms with E-state index in [-0.39, 0.29) is 4.90 Å². The van der Waals surface area contributed by atoms with Crippen LogP contribution < -0.4 is 5.14 Å². The van der Waals surface area contributed by atoms with Gasteiger partial charge < -0.3 is 4.74 Å². The number of ether oxygens (including phenoxy) is 1. The standard InChI is InChI=1S/C13H25N3O3S/c1-4-7-9-19-10-8-16-12(6-3)13(20(14,17)18)11(5-2)15-16/h4-10H2,1-3H3,(H2,14,17,18). The van der Waals surface area contributed by atoms with Gasteiger partial charge in [-0.3, -0.25) is 4.68 Å². The molecule has 0 aromatic carbocycles. The Morgan fingerprint density at radius 3 is 2.40 bits per heavy atom. The van der Waals surface area contributed by atoms with Crippen molar-refractivity contribution in [3.63, 3.8) is 0 Å². The van der Waals surface area contributed by atoms with Gasteiger partial charge in [0.25, 0.3) is 0 Å². The molecule has 1 aromatic heterocycles. The zero-order chi connectivity index (χ0) is 15.2. The summed E-state index contributed by atoms with van der Waals surface area (Å²) >= 11 is 0. The maximum atomic E-state index is 11.7. The van der Waals surface area contributed by atoms with Crippen molar-refractivity contribution < 1.29 is 13.2 Å². The van der Waals surface area contributed by atoms with Crippen LogP contribution in [0.25, 0.3) is 0 Å². The second kappa shape index (κ2) is 7.75. The smallest absolute Gasteiger partial charge is 0.241 e. The van der Waals surface area contributed by atoms with Crippen LogP contribution in [0.2, 0.25) is 0 Å². The van der Waals surface area contributed by atoms with Crippen molar-refractivity contribution in [1.82, 2.24) is 9.78 Å². The molecule has 0 aliphatic carbocycles. The molecule has 1 aromatic rings. The number of aryl methyl sites for hydroxylation is 1. The monoisotopic (exact) mass is 303 g/mol. The van der Waals surface area contributed by atoms with Gasteiger partial charge in [-0.15, -0.1) is 0 Å². The normalized spacial score (nSPS) is 12.0. The van der Waals surface area contributed by atoms with Crippen LogP contribution in [-0.2, 0) is 34.1 Å². The van der Waals surface area contributed by atoms with Crippen LogP contribution in [-0.4, -0.2) is 31.4 Å². The number of aromatic nitrogens is 2. The van der Waals surface area contributed by atoms with Crippen LogP contribution in [0.3, 0.4) is 0 Å². The van der Waals surface area contributed by atoms with E-state index in [1.54, 1.807) is 4.68 Å². The first kappa shape index (κ1) is 17.1. The number of unbranched alkanes of at least 4 members (excludes halogenated alkanes) is 1. The summed E-state index contributed by atoms with van der Waals surface area (Å²) in [5, 5.41) is 9.67. The topological polar surface area (TPSA) is 87.2 Å². The molecule has 0 radical (unpaired) electrons. The first-order valence-corrected chi connectivity index (χ1v) is 8.69. The van der Waals surface area contributed by atoms with Crippen LogP contribution in [0.5, 0.6) is 0 Å². The number of rotatable bonds is 9. The maximum absolute atomic E-state index is 11.7. The molecule has 6 nitrogen and oxygen atoms in total. The molecule has 1 heterocycles. The molecular weight excluding hydrogens is 278 g/mol. The SMILES string of the molecule is CCCCOCCn1nc(CC)c(S(N)(=O)=O)c1CC. The van der Waals surface area contributed by atoms with E-state index in [1.807, 2.05) is 13.8 Å². The fourth-order valence-corrected chi connectivity index (χ4v) is 3.21. The molecule has 20 heavy (non-hydrogen) atoms. The van der Waals surface area contributed by atoms with Gasteiger partial charge in [0.2, 0.25) is 10.0 Å². The molecule has 0 spiro atoms. The molecule has 0 bridgehead atoms. The molecule has 0 saturated heterocycles. The van der Waals surface area contributed by atoms with Crippen LogP contribution in [0.15, 0.2) is 4.90 Å². The Kier molecular flexibility index (Phi) is 6.64. The van der Waals surface area contributed by atoms with Gasteiger partial charge in [0, 0.05) is 6.61 Å². The van der Waals surface area contributed by atoms with Crippen LogP contribution >= 0.6 is 0 Å². The van der Waals surface area contributed by atoms with Crippen LogP contribution in [0.4, 0.5) is 0 Å². The van der Waals surface area contributed by atoms with Gasteiger partial charge in [-0.25, -0.2) is 13.6 Å². The summed E-state index contributed by atoms with van der Waals surface area (Å²) in [6.45, 7) is 7.69. The average molecular weight is 303 g/mol. The molecular formula is C13H25N3O3S. The Morgan fingerprint density at radius 2 is 1.90 bits per heavy atom. The van der Waals surface area contributed by atoms with E-state index in [9.17, 15) is 8.42 Å². The Hall–Kier alpha value is -0.920. The second-order valence-electron chi connectivity index (χ2n) is 4.66. The Labute approximate surface area is 121 Å². The fraction of sp³-hybridized carbons (Fsp3) is 0.769. The van der Waals surface area contributed by atoms with Crippen molar-refractivity contribution >= 4 is 10.0 Å². The first-order chi connectivity index (χ1) is 9.45. The summed E-state index contributed by atoms with van der Waals surface area (Å²) in [5.41, 5.74) is 1.21. The van der Waals surface area contributed by atoms with Gasteiger partial charge >= 0.3 is 0 Å². The quantitative estimate of drug-likeness (QED) is 0.700. The van der Waals surface area contributed by atoms with Gasteiger partial charge in [0.1, 0.15) is 4.90 Å². The lowest BCUT2D eigenvalue weighted by atomic mass is 10.2. The van der Waals surface area contributed by atoms with Crippen molar-refractivity contribution in [3.8, 4) is 0 Å². The predicted molar refractivity (Wildman–Crippen MR) is 78.1 cm³/mol. The molecule has 0 fully saturated rings. The Balaban J connectivity index is 2.89. The van der Waals surface area contributed by atoms with Gasteiger partial charge in [0.05, 0.1) is 24.5 Å².